The molecule has 3 rings (SSSR count). The number of methoxy groups -OCH3 is 3. The van der Waals surface area contributed by atoms with Crippen LogP contribution >= 0.6 is 0 Å². The number of ether oxygens (including phenoxy) is 3. The van der Waals surface area contributed by atoms with Crippen molar-refractivity contribution in [1.82, 2.24) is 0 Å². The first-order chi connectivity index (χ1) is 22.9. The number of carboxylic acid groups (broad SMARTS) is 2. The van der Waals surface area contributed by atoms with Crippen LogP contribution in [0, 0.1) is 0 Å². The zero-order valence-electron chi connectivity index (χ0n) is 29.0. The Morgan fingerprint density at radius 3 is 1.96 bits per heavy atom. The van der Waals surface area contributed by atoms with E-state index in [1.165, 1.54) is 60.5 Å². The van der Waals surface area contributed by atoms with E-state index in [-0.39, 0.29) is 39.6 Å². The Balaban J connectivity index is 0.000000343. The van der Waals surface area contributed by atoms with Crippen LogP contribution in [0.15, 0.2) is 64.2 Å². The van der Waals surface area contributed by atoms with Crippen molar-refractivity contribution in [2.24, 2.45) is 0 Å². The summed E-state index contributed by atoms with van der Waals surface area (Å²) in [4.78, 5) is 47.6. The molecule has 10 heteroatoms. The first-order valence-corrected chi connectivity index (χ1v) is 16.2. The van der Waals surface area contributed by atoms with Crippen LogP contribution in [0.2, 0.25) is 0 Å². The van der Waals surface area contributed by atoms with Crippen LogP contribution in [-0.4, -0.2) is 60.2 Å². The Bertz CT molecular complexity index is 1640. The summed E-state index contributed by atoms with van der Waals surface area (Å²) in [6, 6.07) is 7.37. The Hall–Kier alpha value is -4.86. The molecule has 10 nitrogen and oxygen atoms in total. The molecule has 260 valence electrons. The highest BCUT2D eigenvalue weighted by Crippen LogP contribution is 2.40. The van der Waals surface area contributed by atoms with Crippen LogP contribution in [0.1, 0.15) is 90.2 Å². The lowest BCUT2D eigenvalue weighted by molar-refractivity contribution is -0.133. The lowest BCUT2D eigenvalue weighted by atomic mass is 9.91. The molecule has 0 bridgehead atoms. The fourth-order valence-corrected chi connectivity index (χ4v) is 5.42. The normalized spacial score (nSPS) is 13.8. The number of phenolic OH excluding ortho intramolecular Hbond substituents is 1. The number of carboxylic acids is 2. The number of aryl methyl sites for hydroxylation is 1. The number of aliphatic carboxylic acids is 2. The van der Waals surface area contributed by atoms with Crippen LogP contribution < -0.4 is 4.74 Å². The first kappa shape index (κ1) is 39.3. The summed E-state index contributed by atoms with van der Waals surface area (Å²) in [5.74, 6) is -2.97. The monoisotopic (exact) mass is 664 g/mol. The van der Waals surface area contributed by atoms with E-state index in [1.54, 1.807) is 12.1 Å². The third kappa shape index (κ3) is 9.82. The van der Waals surface area contributed by atoms with E-state index in [4.69, 9.17) is 19.3 Å². The highest BCUT2D eigenvalue weighted by Gasteiger charge is 2.34. The second kappa shape index (κ2) is 19.1. The number of carbonyl (C=O) groups excluding carboxylic acids is 2. The van der Waals surface area contributed by atoms with Gasteiger partial charge in [0.25, 0.3) is 0 Å². The predicted octanol–water partition coefficient (Wildman–Crippen LogP) is 7.72. The van der Waals surface area contributed by atoms with Crippen molar-refractivity contribution in [3.05, 3.63) is 75.3 Å². The number of unbranched alkanes of at least 4 members (excludes halogenated alkanes) is 6. The maximum Gasteiger partial charge on any atom is 0.331 e. The molecule has 0 spiro atoms. The fraction of sp³-hybridized carbons (Fsp3) is 0.421. The number of fused-ring (bicyclic) bond motifs is 1. The van der Waals surface area contributed by atoms with Crippen molar-refractivity contribution in [2.75, 3.05) is 21.3 Å². The summed E-state index contributed by atoms with van der Waals surface area (Å²) in [5, 5.41) is 30.4. The molecule has 0 unspecified atom stereocenters. The van der Waals surface area contributed by atoms with E-state index in [9.17, 15) is 29.4 Å². The SMILES string of the molecule is CCCCCCCCC/C(=C\C1=C(C)C(=O)C(OC)=C(OC)C1=O)C(=O)O.CCc1cccc2c(/C=C(/C)C(=O)O)cc(OC)c(O)c12. The molecule has 1 aliphatic rings. The summed E-state index contributed by atoms with van der Waals surface area (Å²) in [6.45, 7) is 7.20. The fourth-order valence-electron chi connectivity index (χ4n) is 5.42. The molecule has 0 aromatic heterocycles. The topological polar surface area (TPSA) is 157 Å². The van der Waals surface area contributed by atoms with Gasteiger partial charge >= 0.3 is 11.9 Å². The number of Topliss-reactive ketones (excluding diaryl/α,β-unsaturated/α-hetero) is 2. The van der Waals surface area contributed by atoms with Gasteiger partial charge in [0, 0.05) is 27.7 Å². The van der Waals surface area contributed by atoms with Gasteiger partial charge in [-0.25, -0.2) is 9.59 Å². The van der Waals surface area contributed by atoms with Crippen molar-refractivity contribution in [3.8, 4) is 11.5 Å². The molecule has 48 heavy (non-hydrogen) atoms. The van der Waals surface area contributed by atoms with Gasteiger partial charge in [-0.2, -0.15) is 0 Å². The summed E-state index contributed by atoms with van der Waals surface area (Å²) >= 11 is 0. The number of ketones is 2. The van der Waals surface area contributed by atoms with Gasteiger partial charge in [0.15, 0.2) is 11.5 Å². The van der Waals surface area contributed by atoms with E-state index in [1.807, 2.05) is 25.1 Å². The minimum atomic E-state index is -1.08. The third-order valence-electron chi connectivity index (χ3n) is 8.19. The highest BCUT2D eigenvalue weighted by molar-refractivity contribution is 6.24. The van der Waals surface area contributed by atoms with Gasteiger partial charge < -0.3 is 29.5 Å². The molecule has 1 aliphatic carbocycles. The standard InChI is InChI=1S/C21H30O6.C17H18O4/c1-5-6-7-8-9-10-11-12-15(21(24)25)13-16-14(2)17(22)19(26-3)20(27-4)18(16)23;1-4-11-6-5-7-13-12(8-10(2)17(19)20)9-14(21-3)16(18)15(11)13/h13H,5-12H2,1-4H3,(H,24,25);5-9,18H,4H2,1-3H3,(H,19,20)/b15-13+;10-8-. The summed E-state index contributed by atoms with van der Waals surface area (Å²) in [5.41, 5.74) is 2.27. The largest absolute Gasteiger partial charge is 0.504 e. The number of phenols is 1. The van der Waals surface area contributed by atoms with Crippen molar-refractivity contribution in [2.45, 2.75) is 85.5 Å². The highest BCUT2D eigenvalue weighted by atomic mass is 16.5. The van der Waals surface area contributed by atoms with E-state index in [2.05, 4.69) is 6.92 Å². The molecule has 2 aromatic rings. The van der Waals surface area contributed by atoms with Crippen LogP contribution in [0.25, 0.3) is 16.8 Å². The minimum Gasteiger partial charge on any atom is -0.504 e. The van der Waals surface area contributed by atoms with E-state index in [0.29, 0.717) is 17.6 Å². The Morgan fingerprint density at radius 1 is 0.812 bits per heavy atom. The maximum absolute atomic E-state index is 12.6. The molecular formula is C38H48O10. The van der Waals surface area contributed by atoms with Crippen molar-refractivity contribution < 1.29 is 48.7 Å². The zero-order valence-corrected chi connectivity index (χ0v) is 29.0. The van der Waals surface area contributed by atoms with Crippen LogP contribution in [0.4, 0.5) is 0 Å². The number of allylic oxidation sites excluding steroid dienone is 3. The summed E-state index contributed by atoms with van der Waals surface area (Å²) < 4.78 is 15.2. The quantitative estimate of drug-likeness (QED) is 0.0922. The molecule has 0 saturated heterocycles. The number of rotatable bonds is 16. The number of hydrogen-bond donors (Lipinski definition) is 3. The minimum absolute atomic E-state index is 0.0537. The van der Waals surface area contributed by atoms with Crippen molar-refractivity contribution in [3.63, 3.8) is 0 Å². The molecule has 2 aromatic carbocycles. The lowest BCUT2D eigenvalue weighted by Gasteiger charge is -2.19. The first-order valence-electron chi connectivity index (χ1n) is 16.2. The molecule has 0 heterocycles. The lowest BCUT2D eigenvalue weighted by Crippen LogP contribution is -2.24. The van der Waals surface area contributed by atoms with Gasteiger partial charge in [-0.05, 0) is 67.8 Å². The second-order valence-electron chi connectivity index (χ2n) is 11.5. The maximum atomic E-state index is 12.6. The van der Waals surface area contributed by atoms with Crippen LogP contribution in [0.5, 0.6) is 11.5 Å². The van der Waals surface area contributed by atoms with Gasteiger partial charge in [-0.3, -0.25) is 9.59 Å². The van der Waals surface area contributed by atoms with Crippen LogP contribution in [-0.2, 0) is 35.1 Å². The molecule has 0 amide bonds. The molecule has 0 saturated carbocycles. The number of hydrogen-bond acceptors (Lipinski definition) is 8. The molecule has 0 atom stereocenters. The molecule has 0 aliphatic heterocycles. The molecule has 3 N–H and O–H groups in total. The Kier molecular flexibility index (Phi) is 15.6. The zero-order chi connectivity index (χ0) is 36.0. The van der Waals surface area contributed by atoms with Gasteiger partial charge in [0.2, 0.25) is 23.1 Å². The molecular weight excluding hydrogens is 616 g/mol. The van der Waals surface area contributed by atoms with E-state index >= 15 is 0 Å². The van der Waals surface area contributed by atoms with Crippen LogP contribution in [0.3, 0.4) is 0 Å². The number of carbonyl (C=O) groups is 4. The average molecular weight is 665 g/mol. The smallest absolute Gasteiger partial charge is 0.331 e. The molecule has 0 radical (unpaired) electrons. The van der Waals surface area contributed by atoms with Gasteiger partial charge in [-0.15, -0.1) is 0 Å². The predicted molar refractivity (Wildman–Crippen MR) is 185 cm³/mol. The van der Waals surface area contributed by atoms with Crippen molar-refractivity contribution in [1.29, 1.82) is 0 Å². The van der Waals surface area contributed by atoms with Crippen molar-refractivity contribution >= 4 is 40.4 Å². The van der Waals surface area contributed by atoms with E-state index < -0.39 is 23.5 Å². The second-order valence-corrected chi connectivity index (χ2v) is 11.5. The third-order valence-corrected chi connectivity index (χ3v) is 8.19. The summed E-state index contributed by atoms with van der Waals surface area (Å²) in [7, 11) is 4.04. The van der Waals surface area contributed by atoms with Gasteiger partial charge in [0.1, 0.15) is 0 Å². The Labute approximate surface area is 282 Å². The average Bonchev–Trinajstić information content (AvgIpc) is 3.07. The number of benzene rings is 2. The van der Waals surface area contributed by atoms with Gasteiger partial charge in [-0.1, -0.05) is 70.6 Å². The molecule has 0 fully saturated rings. The van der Waals surface area contributed by atoms with E-state index in [0.717, 1.165) is 48.6 Å². The number of aromatic hydroxyl groups is 1. The van der Waals surface area contributed by atoms with Gasteiger partial charge in [0.05, 0.1) is 21.3 Å². The summed E-state index contributed by atoms with van der Waals surface area (Å²) in [6.07, 6.45) is 11.5. The Morgan fingerprint density at radius 2 is 1.42 bits per heavy atom.